The summed E-state index contributed by atoms with van der Waals surface area (Å²) in [5.41, 5.74) is 2.73. The van der Waals surface area contributed by atoms with Crippen LogP contribution < -0.4 is 4.90 Å². The van der Waals surface area contributed by atoms with Gasteiger partial charge in [-0.15, -0.1) is 0 Å². The van der Waals surface area contributed by atoms with Crippen LogP contribution >= 0.6 is 0 Å². The van der Waals surface area contributed by atoms with Gasteiger partial charge in [-0.05, 0) is 32.4 Å². The zero-order valence-electron chi connectivity index (χ0n) is 10.4. The molecule has 0 spiro atoms. The average Bonchev–Trinajstić information content (AvgIpc) is 2.31. The first kappa shape index (κ1) is 12.6. The van der Waals surface area contributed by atoms with Crippen molar-refractivity contribution >= 4 is 11.7 Å². The molecule has 1 rings (SSSR count). The number of rotatable bonds is 4. The Hall–Kier alpha value is -1.51. The summed E-state index contributed by atoms with van der Waals surface area (Å²) >= 11 is 0. The highest BCUT2D eigenvalue weighted by molar-refractivity contribution is 5.96. The van der Waals surface area contributed by atoms with Crippen LogP contribution in [0, 0.1) is 6.92 Å². The molecule has 88 valence electrons. The number of carbonyl (C=O) groups excluding carboxylic acids is 1. The highest BCUT2D eigenvalue weighted by Crippen LogP contribution is 2.25. The van der Waals surface area contributed by atoms with Gasteiger partial charge in [0.1, 0.15) is 0 Å². The zero-order valence-corrected chi connectivity index (χ0v) is 10.4. The minimum Gasteiger partial charge on any atom is -0.465 e. The zero-order chi connectivity index (χ0) is 12.1. The fourth-order valence-electron chi connectivity index (χ4n) is 1.89. The van der Waals surface area contributed by atoms with Crippen LogP contribution in [0.2, 0.25) is 0 Å². The van der Waals surface area contributed by atoms with Gasteiger partial charge in [0.15, 0.2) is 0 Å². The largest absolute Gasteiger partial charge is 0.465 e. The molecule has 1 aromatic rings. The van der Waals surface area contributed by atoms with E-state index >= 15 is 0 Å². The molecular formula is C13H19NO2. The third kappa shape index (κ3) is 2.35. The molecule has 0 radical (unpaired) electrons. The molecule has 0 unspecified atom stereocenters. The number of anilines is 1. The van der Waals surface area contributed by atoms with Crippen molar-refractivity contribution in [1.82, 2.24) is 0 Å². The highest BCUT2D eigenvalue weighted by atomic mass is 16.5. The van der Waals surface area contributed by atoms with E-state index in [-0.39, 0.29) is 5.97 Å². The smallest absolute Gasteiger partial charge is 0.339 e. The van der Waals surface area contributed by atoms with Crippen LogP contribution in [0.15, 0.2) is 18.2 Å². The maximum absolute atomic E-state index is 11.7. The summed E-state index contributed by atoms with van der Waals surface area (Å²) in [4.78, 5) is 13.8. The van der Waals surface area contributed by atoms with E-state index in [1.54, 1.807) is 0 Å². The van der Waals surface area contributed by atoms with Crippen molar-refractivity contribution in [2.24, 2.45) is 0 Å². The third-order valence-electron chi connectivity index (χ3n) is 2.72. The molecule has 0 saturated heterocycles. The van der Waals surface area contributed by atoms with Crippen molar-refractivity contribution in [3.05, 3.63) is 29.3 Å². The second kappa shape index (κ2) is 5.54. The summed E-state index contributed by atoms with van der Waals surface area (Å²) in [6.07, 6.45) is 0. The van der Waals surface area contributed by atoms with Gasteiger partial charge in [0.2, 0.25) is 0 Å². The summed E-state index contributed by atoms with van der Waals surface area (Å²) in [6.45, 7) is 7.94. The highest BCUT2D eigenvalue weighted by Gasteiger charge is 2.16. The van der Waals surface area contributed by atoms with Crippen molar-refractivity contribution in [3.63, 3.8) is 0 Å². The van der Waals surface area contributed by atoms with Crippen LogP contribution in [0.1, 0.15) is 29.8 Å². The van der Waals surface area contributed by atoms with Crippen molar-refractivity contribution < 1.29 is 9.53 Å². The van der Waals surface area contributed by atoms with E-state index in [1.807, 2.05) is 25.1 Å². The summed E-state index contributed by atoms with van der Waals surface area (Å²) in [6, 6.07) is 5.71. The number of benzene rings is 1. The molecular weight excluding hydrogens is 202 g/mol. The Bertz CT molecular complexity index is 370. The van der Waals surface area contributed by atoms with E-state index < -0.39 is 0 Å². The number of para-hydroxylation sites is 1. The van der Waals surface area contributed by atoms with Crippen LogP contribution in [0.25, 0.3) is 0 Å². The number of methoxy groups -OCH3 is 1. The van der Waals surface area contributed by atoms with Crippen LogP contribution in [-0.2, 0) is 4.74 Å². The first-order chi connectivity index (χ1) is 7.65. The Labute approximate surface area is 97.0 Å². The van der Waals surface area contributed by atoms with Crippen molar-refractivity contribution in [1.29, 1.82) is 0 Å². The fraction of sp³-hybridized carbons (Fsp3) is 0.462. The van der Waals surface area contributed by atoms with Crippen LogP contribution in [0.4, 0.5) is 5.69 Å². The molecule has 0 aliphatic rings. The normalized spacial score (nSPS) is 10.0. The maximum Gasteiger partial charge on any atom is 0.339 e. The predicted octanol–water partition coefficient (Wildman–Crippen LogP) is 2.63. The summed E-state index contributed by atoms with van der Waals surface area (Å²) in [5, 5.41) is 0. The van der Waals surface area contributed by atoms with E-state index in [1.165, 1.54) is 7.11 Å². The number of aryl methyl sites for hydroxylation is 1. The number of ether oxygens (including phenoxy) is 1. The molecule has 0 aliphatic carbocycles. The number of esters is 1. The van der Waals surface area contributed by atoms with Gasteiger partial charge in [-0.2, -0.15) is 0 Å². The summed E-state index contributed by atoms with van der Waals surface area (Å²) in [5.74, 6) is -0.273. The van der Waals surface area contributed by atoms with E-state index in [4.69, 9.17) is 4.74 Å². The minimum atomic E-state index is -0.273. The first-order valence-corrected chi connectivity index (χ1v) is 5.58. The second-order valence-electron chi connectivity index (χ2n) is 3.63. The minimum absolute atomic E-state index is 0.273. The lowest BCUT2D eigenvalue weighted by molar-refractivity contribution is 0.0601. The van der Waals surface area contributed by atoms with Gasteiger partial charge in [-0.25, -0.2) is 4.79 Å². The maximum atomic E-state index is 11.7. The molecule has 0 saturated carbocycles. The van der Waals surface area contributed by atoms with Gasteiger partial charge in [-0.1, -0.05) is 12.1 Å². The SMILES string of the molecule is CCN(CC)c1c(C)cccc1C(=O)OC. The van der Waals surface area contributed by atoms with Crippen LogP contribution in [-0.4, -0.2) is 26.2 Å². The molecule has 0 N–H and O–H groups in total. The quantitative estimate of drug-likeness (QED) is 0.732. The number of carbonyl (C=O) groups is 1. The second-order valence-corrected chi connectivity index (χ2v) is 3.63. The molecule has 0 heterocycles. The lowest BCUT2D eigenvalue weighted by Crippen LogP contribution is -2.25. The third-order valence-corrected chi connectivity index (χ3v) is 2.72. The monoisotopic (exact) mass is 221 g/mol. The fourth-order valence-corrected chi connectivity index (χ4v) is 1.89. The molecule has 0 aliphatic heterocycles. The van der Waals surface area contributed by atoms with Crippen molar-refractivity contribution in [2.45, 2.75) is 20.8 Å². The molecule has 0 aromatic heterocycles. The molecule has 3 heteroatoms. The van der Waals surface area contributed by atoms with Gasteiger partial charge in [-0.3, -0.25) is 0 Å². The van der Waals surface area contributed by atoms with Gasteiger partial charge in [0, 0.05) is 13.1 Å². The van der Waals surface area contributed by atoms with E-state index in [9.17, 15) is 4.79 Å². The average molecular weight is 221 g/mol. The topological polar surface area (TPSA) is 29.5 Å². The van der Waals surface area contributed by atoms with E-state index in [0.29, 0.717) is 5.56 Å². The molecule has 0 fully saturated rings. The Morgan fingerprint density at radius 2 is 1.94 bits per heavy atom. The lowest BCUT2D eigenvalue weighted by Gasteiger charge is -2.25. The Morgan fingerprint density at radius 3 is 2.44 bits per heavy atom. The molecule has 16 heavy (non-hydrogen) atoms. The van der Waals surface area contributed by atoms with E-state index in [0.717, 1.165) is 24.3 Å². The van der Waals surface area contributed by atoms with E-state index in [2.05, 4.69) is 18.7 Å². The molecule has 0 amide bonds. The standard InChI is InChI=1S/C13H19NO2/c1-5-14(6-2)12-10(3)8-7-9-11(12)13(15)16-4/h7-9H,5-6H2,1-4H3. The Balaban J connectivity index is 3.27. The first-order valence-electron chi connectivity index (χ1n) is 5.58. The van der Waals surface area contributed by atoms with Crippen LogP contribution in [0.5, 0.6) is 0 Å². The number of hydrogen-bond donors (Lipinski definition) is 0. The lowest BCUT2D eigenvalue weighted by atomic mass is 10.1. The molecule has 1 aromatic carbocycles. The number of nitrogens with zero attached hydrogens (tertiary/aromatic N) is 1. The summed E-state index contributed by atoms with van der Waals surface area (Å²) in [7, 11) is 1.41. The number of hydrogen-bond acceptors (Lipinski definition) is 3. The Kier molecular flexibility index (Phi) is 4.35. The van der Waals surface area contributed by atoms with Gasteiger partial charge >= 0.3 is 5.97 Å². The van der Waals surface area contributed by atoms with Crippen molar-refractivity contribution in [3.8, 4) is 0 Å². The Morgan fingerprint density at radius 1 is 1.31 bits per heavy atom. The van der Waals surface area contributed by atoms with Gasteiger partial charge < -0.3 is 9.64 Å². The molecule has 3 nitrogen and oxygen atoms in total. The predicted molar refractivity (Wildman–Crippen MR) is 66.1 cm³/mol. The van der Waals surface area contributed by atoms with Crippen LogP contribution in [0.3, 0.4) is 0 Å². The van der Waals surface area contributed by atoms with Gasteiger partial charge in [0.25, 0.3) is 0 Å². The molecule has 0 bridgehead atoms. The van der Waals surface area contributed by atoms with Crippen molar-refractivity contribution in [2.75, 3.05) is 25.1 Å². The van der Waals surface area contributed by atoms with Gasteiger partial charge in [0.05, 0.1) is 18.4 Å². The molecule has 0 atom stereocenters. The summed E-state index contributed by atoms with van der Waals surface area (Å²) < 4.78 is 4.81.